The Morgan fingerprint density at radius 3 is 2.60 bits per heavy atom. The van der Waals surface area contributed by atoms with Crippen molar-refractivity contribution < 1.29 is 13.2 Å². The molecule has 1 heterocycles. The van der Waals surface area contributed by atoms with Gasteiger partial charge in [-0.25, -0.2) is 0 Å². The van der Waals surface area contributed by atoms with Crippen molar-refractivity contribution in [1.29, 1.82) is 0 Å². The van der Waals surface area contributed by atoms with Crippen LogP contribution in [0.1, 0.15) is 51.3 Å². The third-order valence-electron chi connectivity index (χ3n) is 3.93. The zero-order chi connectivity index (χ0) is 14.8. The Morgan fingerprint density at radius 2 is 2.00 bits per heavy atom. The average Bonchev–Trinajstić information content (AvgIpc) is 2.81. The van der Waals surface area contributed by atoms with Crippen LogP contribution in [0.4, 0.5) is 19.1 Å². The molecule has 4 nitrogen and oxygen atoms in total. The molecule has 2 rings (SSSR count). The summed E-state index contributed by atoms with van der Waals surface area (Å²) in [6, 6.07) is 0. The van der Waals surface area contributed by atoms with Crippen molar-refractivity contribution in [3.63, 3.8) is 0 Å². The molecule has 0 aliphatic heterocycles. The van der Waals surface area contributed by atoms with Crippen molar-refractivity contribution in [3.05, 3.63) is 5.82 Å². The first-order valence-corrected chi connectivity index (χ1v) is 7.21. The van der Waals surface area contributed by atoms with E-state index in [1.54, 1.807) is 0 Å². The van der Waals surface area contributed by atoms with Crippen LogP contribution in [0, 0.1) is 5.92 Å². The minimum absolute atomic E-state index is 0.133. The Balaban J connectivity index is 2.18. The van der Waals surface area contributed by atoms with E-state index in [2.05, 4.69) is 15.5 Å². The molecule has 1 aliphatic rings. The fourth-order valence-electron chi connectivity index (χ4n) is 2.94. The molecule has 2 unspecified atom stereocenters. The Hall–Kier alpha value is -1.27. The maximum absolute atomic E-state index is 12.9. The van der Waals surface area contributed by atoms with Crippen LogP contribution in [0.15, 0.2) is 0 Å². The molecule has 0 spiro atoms. The Morgan fingerprint density at radius 1 is 1.25 bits per heavy atom. The molecule has 0 amide bonds. The summed E-state index contributed by atoms with van der Waals surface area (Å²) in [6.07, 6.45) is -2.37. The van der Waals surface area contributed by atoms with E-state index in [1.807, 2.05) is 18.4 Å². The van der Waals surface area contributed by atoms with Gasteiger partial charge in [-0.1, -0.05) is 6.42 Å². The van der Waals surface area contributed by atoms with Gasteiger partial charge >= 0.3 is 6.18 Å². The third kappa shape index (κ3) is 3.07. The SMILES string of the molecule is CCNc1nnc(C2CCCC(C(F)(F)F)C2)n1CC. The number of nitrogens with one attached hydrogen (secondary N) is 1. The molecular formula is C13H21F3N4. The highest BCUT2D eigenvalue weighted by molar-refractivity contribution is 5.26. The first kappa shape index (κ1) is 15.1. The van der Waals surface area contributed by atoms with Crippen LogP contribution in [0.2, 0.25) is 0 Å². The molecule has 1 aromatic heterocycles. The van der Waals surface area contributed by atoms with E-state index in [4.69, 9.17) is 0 Å². The second-order valence-corrected chi connectivity index (χ2v) is 5.26. The highest BCUT2D eigenvalue weighted by atomic mass is 19.4. The summed E-state index contributed by atoms with van der Waals surface area (Å²) < 4.78 is 40.5. The third-order valence-corrected chi connectivity index (χ3v) is 3.93. The molecule has 0 saturated heterocycles. The van der Waals surface area contributed by atoms with Gasteiger partial charge in [0.2, 0.25) is 5.95 Å². The summed E-state index contributed by atoms with van der Waals surface area (Å²) in [5, 5.41) is 11.3. The standard InChI is InChI=1S/C13H21F3N4/c1-3-17-12-19-18-11(20(12)4-2)9-6-5-7-10(8-9)13(14,15)16/h9-10H,3-8H2,1-2H3,(H,17,19). The van der Waals surface area contributed by atoms with Gasteiger partial charge in [0, 0.05) is 19.0 Å². The molecule has 0 bridgehead atoms. The first-order valence-electron chi connectivity index (χ1n) is 7.21. The van der Waals surface area contributed by atoms with Crippen molar-refractivity contribution in [3.8, 4) is 0 Å². The van der Waals surface area contributed by atoms with Crippen molar-refractivity contribution in [1.82, 2.24) is 14.8 Å². The first-order chi connectivity index (χ1) is 9.47. The van der Waals surface area contributed by atoms with Gasteiger partial charge in [-0.2, -0.15) is 13.2 Å². The molecule has 114 valence electrons. The zero-order valence-corrected chi connectivity index (χ0v) is 11.9. The minimum Gasteiger partial charge on any atom is -0.355 e. The quantitative estimate of drug-likeness (QED) is 0.922. The van der Waals surface area contributed by atoms with E-state index in [0.29, 0.717) is 31.3 Å². The van der Waals surface area contributed by atoms with E-state index >= 15 is 0 Å². The van der Waals surface area contributed by atoms with Crippen LogP contribution in [0.3, 0.4) is 0 Å². The van der Waals surface area contributed by atoms with Crippen LogP contribution in [0.25, 0.3) is 0 Å². The van der Waals surface area contributed by atoms with Crippen molar-refractivity contribution in [2.45, 2.75) is 58.2 Å². The molecule has 20 heavy (non-hydrogen) atoms. The second-order valence-electron chi connectivity index (χ2n) is 5.26. The predicted octanol–water partition coefficient (Wildman–Crippen LogP) is 3.57. The van der Waals surface area contributed by atoms with Gasteiger partial charge in [0.05, 0.1) is 5.92 Å². The number of hydrogen-bond donors (Lipinski definition) is 1. The van der Waals surface area contributed by atoms with E-state index in [0.717, 1.165) is 6.42 Å². The molecule has 7 heteroatoms. The fraction of sp³-hybridized carbons (Fsp3) is 0.846. The van der Waals surface area contributed by atoms with Crippen molar-refractivity contribution >= 4 is 5.95 Å². The Labute approximate surface area is 116 Å². The zero-order valence-electron chi connectivity index (χ0n) is 11.9. The lowest BCUT2D eigenvalue weighted by molar-refractivity contribution is -0.183. The lowest BCUT2D eigenvalue weighted by Crippen LogP contribution is -2.29. The molecule has 2 atom stereocenters. The van der Waals surface area contributed by atoms with Gasteiger partial charge in [-0.15, -0.1) is 10.2 Å². The lowest BCUT2D eigenvalue weighted by Gasteiger charge is -2.30. The van der Waals surface area contributed by atoms with Crippen LogP contribution in [-0.2, 0) is 6.54 Å². The largest absolute Gasteiger partial charge is 0.391 e. The fourth-order valence-corrected chi connectivity index (χ4v) is 2.94. The number of hydrogen-bond acceptors (Lipinski definition) is 3. The second kappa shape index (κ2) is 6.01. The van der Waals surface area contributed by atoms with Crippen molar-refractivity contribution in [2.75, 3.05) is 11.9 Å². The molecule has 1 aromatic rings. The Kier molecular flexibility index (Phi) is 4.55. The number of nitrogens with zero attached hydrogens (tertiary/aromatic N) is 3. The molecule has 1 saturated carbocycles. The van der Waals surface area contributed by atoms with E-state index in [-0.39, 0.29) is 18.8 Å². The number of halogens is 3. The summed E-state index contributed by atoms with van der Waals surface area (Å²) in [7, 11) is 0. The van der Waals surface area contributed by atoms with Crippen LogP contribution < -0.4 is 5.32 Å². The maximum atomic E-state index is 12.9. The monoisotopic (exact) mass is 290 g/mol. The molecular weight excluding hydrogens is 269 g/mol. The van der Waals surface area contributed by atoms with Crippen LogP contribution >= 0.6 is 0 Å². The van der Waals surface area contributed by atoms with E-state index in [9.17, 15) is 13.2 Å². The molecule has 1 fully saturated rings. The molecule has 0 radical (unpaired) electrons. The summed E-state index contributed by atoms with van der Waals surface area (Å²) in [4.78, 5) is 0. The summed E-state index contributed by atoms with van der Waals surface area (Å²) >= 11 is 0. The van der Waals surface area contributed by atoms with Gasteiger partial charge < -0.3 is 5.32 Å². The van der Waals surface area contributed by atoms with Gasteiger partial charge in [0.1, 0.15) is 5.82 Å². The van der Waals surface area contributed by atoms with Crippen LogP contribution in [-0.4, -0.2) is 27.5 Å². The maximum Gasteiger partial charge on any atom is 0.391 e. The van der Waals surface area contributed by atoms with Crippen LogP contribution in [0.5, 0.6) is 0 Å². The number of alkyl halides is 3. The van der Waals surface area contributed by atoms with Gasteiger partial charge in [-0.05, 0) is 33.1 Å². The average molecular weight is 290 g/mol. The van der Waals surface area contributed by atoms with Crippen molar-refractivity contribution in [2.24, 2.45) is 5.92 Å². The predicted molar refractivity (Wildman–Crippen MR) is 70.6 cm³/mol. The topological polar surface area (TPSA) is 42.7 Å². The minimum atomic E-state index is -4.10. The van der Waals surface area contributed by atoms with E-state index in [1.165, 1.54) is 0 Å². The van der Waals surface area contributed by atoms with Gasteiger partial charge in [0.25, 0.3) is 0 Å². The van der Waals surface area contributed by atoms with Gasteiger partial charge in [0.15, 0.2) is 0 Å². The Bertz CT molecular complexity index is 441. The summed E-state index contributed by atoms with van der Waals surface area (Å²) in [5.74, 6) is -0.00222. The highest BCUT2D eigenvalue weighted by Gasteiger charge is 2.43. The number of anilines is 1. The highest BCUT2D eigenvalue weighted by Crippen LogP contribution is 2.43. The summed E-state index contributed by atoms with van der Waals surface area (Å²) in [6.45, 7) is 5.29. The normalized spacial score (nSPS) is 23.9. The number of aromatic nitrogens is 3. The van der Waals surface area contributed by atoms with Gasteiger partial charge in [-0.3, -0.25) is 4.57 Å². The number of rotatable bonds is 4. The smallest absolute Gasteiger partial charge is 0.355 e. The molecule has 1 aliphatic carbocycles. The van der Waals surface area contributed by atoms with E-state index < -0.39 is 12.1 Å². The molecule has 1 N–H and O–H groups in total. The molecule has 0 aromatic carbocycles. The lowest BCUT2D eigenvalue weighted by atomic mass is 9.80. The summed E-state index contributed by atoms with van der Waals surface area (Å²) in [5.41, 5.74) is 0.